The normalized spacial score (nSPS) is 13.2. The zero-order valence-electron chi connectivity index (χ0n) is 8.64. The van der Waals surface area contributed by atoms with Gasteiger partial charge in [0, 0.05) is 0 Å². The summed E-state index contributed by atoms with van der Waals surface area (Å²) in [7, 11) is 1.50. The molecule has 13 heavy (non-hydrogen) atoms. The molecule has 0 spiro atoms. The molecule has 0 saturated heterocycles. The molecule has 0 aliphatic rings. The van der Waals surface area contributed by atoms with Crippen LogP contribution in [-0.4, -0.2) is 12.3 Å². The molecule has 0 N–H and O–H groups in total. The largest absolute Gasteiger partial charge is 0.398 e. The molecule has 0 bridgehead atoms. The van der Waals surface area contributed by atoms with Gasteiger partial charge in [0.25, 0.3) is 0 Å². The van der Waals surface area contributed by atoms with E-state index in [1.165, 1.54) is 20.0 Å². The highest BCUT2D eigenvalue weighted by atomic mass is 35.5. The lowest BCUT2D eigenvalue weighted by Crippen LogP contribution is -1.94. The molecule has 0 aromatic heterocycles. The topological polar surface area (TPSA) is 21.6 Å². The van der Waals surface area contributed by atoms with Crippen molar-refractivity contribution in [2.24, 2.45) is 5.16 Å². The zero-order chi connectivity index (χ0) is 10.1. The predicted molar refractivity (Wildman–Crippen MR) is 58.2 cm³/mol. The molecular formula is C10H18ClNO. The molecular weight excluding hydrogens is 186 g/mol. The molecule has 0 amide bonds. The second-order valence-corrected chi connectivity index (χ2v) is 3.15. The summed E-state index contributed by atoms with van der Waals surface area (Å²) in [6.07, 6.45) is 6.49. The third-order valence-electron chi connectivity index (χ3n) is 1.77. The first-order valence-corrected chi connectivity index (χ1v) is 5.10. The summed E-state index contributed by atoms with van der Waals surface area (Å²) in [5, 5.41) is 4.16. The fourth-order valence-corrected chi connectivity index (χ4v) is 1.27. The third-order valence-corrected chi connectivity index (χ3v) is 2.08. The molecule has 0 fully saturated rings. The monoisotopic (exact) mass is 203 g/mol. The number of nitrogens with zero attached hydrogens (tertiary/aromatic N) is 1. The average molecular weight is 204 g/mol. The van der Waals surface area contributed by atoms with E-state index in [9.17, 15) is 0 Å². The van der Waals surface area contributed by atoms with Gasteiger partial charge >= 0.3 is 0 Å². The van der Waals surface area contributed by atoms with Crippen molar-refractivity contribution in [3.05, 3.63) is 11.6 Å². The summed E-state index contributed by atoms with van der Waals surface area (Å²) >= 11 is 5.88. The number of rotatable bonds is 6. The van der Waals surface area contributed by atoms with Crippen LogP contribution in [-0.2, 0) is 4.84 Å². The van der Waals surface area contributed by atoms with Crippen LogP contribution in [0.15, 0.2) is 16.8 Å². The first kappa shape index (κ1) is 12.5. The summed E-state index contributed by atoms with van der Waals surface area (Å²) in [6.45, 7) is 4.23. The van der Waals surface area contributed by atoms with E-state index >= 15 is 0 Å². The molecule has 2 nitrogen and oxygen atoms in total. The van der Waals surface area contributed by atoms with Crippen LogP contribution >= 0.6 is 11.6 Å². The zero-order valence-corrected chi connectivity index (χ0v) is 9.40. The van der Waals surface area contributed by atoms with Crippen LogP contribution in [0.5, 0.6) is 0 Å². The Hall–Kier alpha value is -0.500. The molecule has 0 aliphatic heterocycles. The lowest BCUT2D eigenvalue weighted by atomic mass is 10.1. The fourth-order valence-electron chi connectivity index (χ4n) is 0.994. The van der Waals surface area contributed by atoms with Crippen LogP contribution in [0.25, 0.3) is 0 Å². The summed E-state index contributed by atoms with van der Waals surface area (Å²) in [5.74, 6) is 0. The van der Waals surface area contributed by atoms with Crippen molar-refractivity contribution >= 4 is 16.8 Å². The lowest BCUT2D eigenvalue weighted by Gasteiger charge is -2.00. The second kappa shape index (κ2) is 8.11. The van der Waals surface area contributed by atoms with Crippen LogP contribution in [0.1, 0.15) is 39.5 Å². The quantitative estimate of drug-likeness (QED) is 0.366. The van der Waals surface area contributed by atoms with Crippen molar-refractivity contribution in [3.8, 4) is 0 Å². The highest BCUT2D eigenvalue weighted by molar-refractivity contribution is 6.69. The van der Waals surface area contributed by atoms with E-state index in [0.29, 0.717) is 5.17 Å². The molecule has 3 heteroatoms. The summed E-state index contributed by atoms with van der Waals surface area (Å²) in [5.41, 5.74) is 1.07. The van der Waals surface area contributed by atoms with Gasteiger partial charge in [0.2, 0.25) is 0 Å². The maximum absolute atomic E-state index is 5.88. The Balaban J connectivity index is 4.14. The number of allylic oxidation sites excluding steroid dienone is 2. The van der Waals surface area contributed by atoms with Crippen molar-refractivity contribution in [1.29, 1.82) is 0 Å². The molecule has 76 valence electrons. The SMILES string of the molecule is CCCCC=C(CC)C(Cl)=NOC. The first-order valence-electron chi connectivity index (χ1n) is 4.72. The standard InChI is InChI=1S/C10H18ClNO/c1-4-6-7-8-9(5-2)10(11)12-13-3/h8H,4-7H2,1-3H3. The Morgan fingerprint density at radius 1 is 1.46 bits per heavy atom. The molecule has 0 aliphatic carbocycles. The Morgan fingerprint density at radius 3 is 2.62 bits per heavy atom. The number of hydrogen-bond donors (Lipinski definition) is 0. The van der Waals surface area contributed by atoms with Gasteiger partial charge < -0.3 is 4.84 Å². The van der Waals surface area contributed by atoms with Gasteiger partial charge in [-0.15, -0.1) is 0 Å². The molecule has 0 rings (SSSR count). The van der Waals surface area contributed by atoms with Gasteiger partial charge in [-0.1, -0.05) is 49.5 Å². The van der Waals surface area contributed by atoms with Crippen LogP contribution < -0.4 is 0 Å². The van der Waals surface area contributed by atoms with E-state index in [4.69, 9.17) is 11.6 Å². The maximum Gasteiger partial charge on any atom is 0.171 e. The van der Waals surface area contributed by atoms with E-state index in [1.807, 2.05) is 0 Å². The van der Waals surface area contributed by atoms with E-state index in [2.05, 4.69) is 29.9 Å². The second-order valence-electron chi connectivity index (χ2n) is 2.79. The molecule has 0 aromatic rings. The van der Waals surface area contributed by atoms with Gasteiger partial charge in [-0.25, -0.2) is 0 Å². The Labute approximate surface area is 85.6 Å². The molecule has 0 aromatic carbocycles. The van der Waals surface area contributed by atoms with Crippen LogP contribution in [0.4, 0.5) is 0 Å². The van der Waals surface area contributed by atoms with Gasteiger partial charge in [0.15, 0.2) is 5.17 Å². The maximum atomic E-state index is 5.88. The van der Waals surface area contributed by atoms with Crippen LogP contribution in [0.3, 0.4) is 0 Å². The summed E-state index contributed by atoms with van der Waals surface area (Å²) in [6, 6.07) is 0. The smallest absolute Gasteiger partial charge is 0.171 e. The first-order chi connectivity index (χ1) is 6.26. The Morgan fingerprint density at radius 2 is 2.15 bits per heavy atom. The van der Waals surface area contributed by atoms with E-state index in [-0.39, 0.29) is 0 Å². The van der Waals surface area contributed by atoms with Gasteiger partial charge in [-0.2, -0.15) is 0 Å². The van der Waals surface area contributed by atoms with E-state index in [0.717, 1.165) is 18.4 Å². The van der Waals surface area contributed by atoms with Gasteiger partial charge in [-0.3, -0.25) is 0 Å². The number of oxime groups is 1. The van der Waals surface area contributed by atoms with Crippen LogP contribution in [0.2, 0.25) is 0 Å². The number of unbranched alkanes of at least 4 members (excludes halogenated alkanes) is 2. The van der Waals surface area contributed by atoms with Crippen molar-refractivity contribution in [1.82, 2.24) is 0 Å². The fraction of sp³-hybridized carbons (Fsp3) is 0.700. The van der Waals surface area contributed by atoms with Crippen LogP contribution in [0, 0.1) is 0 Å². The van der Waals surface area contributed by atoms with Gasteiger partial charge in [0.05, 0.1) is 0 Å². The average Bonchev–Trinajstić information content (AvgIpc) is 2.13. The van der Waals surface area contributed by atoms with E-state index < -0.39 is 0 Å². The van der Waals surface area contributed by atoms with E-state index in [1.54, 1.807) is 0 Å². The van der Waals surface area contributed by atoms with Crippen molar-refractivity contribution in [2.45, 2.75) is 39.5 Å². The number of hydrogen-bond acceptors (Lipinski definition) is 2. The Kier molecular flexibility index (Phi) is 7.80. The molecule has 0 radical (unpaired) electrons. The number of halogens is 1. The molecule has 0 atom stereocenters. The van der Waals surface area contributed by atoms with Crippen molar-refractivity contribution < 1.29 is 4.84 Å². The summed E-state index contributed by atoms with van der Waals surface area (Å²) in [4.78, 5) is 4.61. The minimum atomic E-state index is 0.473. The minimum Gasteiger partial charge on any atom is -0.398 e. The predicted octanol–water partition coefficient (Wildman–Crippen LogP) is 3.71. The third kappa shape index (κ3) is 5.69. The summed E-state index contributed by atoms with van der Waals surface area (Å²) < 4.78 is 0. The van der Waals surface area contributed by atoms with Crippen molar-refractivity contribution in [3.63, 3.8) is 0 Å². The van der Waals surface area contributed by atoms with Gasteiger partial charge in [-0.05, 0) is 18.4 Å². The highest BCUT2D eigenvalue weighted by Gasteiger charge is 2.00. The van der Waals surface area contributed by atoms with Gasteiger partial charge in [0.1, 0.15) is 7.11 Å². The molecule has 0 heterocycles. The molecule has 0 unspecified atom stereocenters. The highest BCUT2D eigenvalue weighted by Crippen LogP contribution is 2.10. The van der Waals surface area contributed by atoms with Crippen molar-refractivity contribution in [2.75, 3.05) is 7.11 Å². The Bertz CT molecular complexity index is 187. The molecule has 0 saturated carbocycles. The minimum absolute atomic E-state index is 0.473. The lowest BCUT2D eigenvalue weighted by molar-refractivity contribution is 0.214.